The van der Waals surface area contributed by atoms with Crippen molar-refractivity contribution >= 4 is 34.8 Å². The number of quaternary nitrogens is 1. The van der Waals surface area contributed by atoms with E-state index in [2.05, 4.69) is 5.32 Å². The van der Waals surface area contributed by atoms with E-state index in [1.165, 1.54) is 0 Å². The number of carbonyl (C=O) groups is 1. The van der Waals surface area contributed by atoms with Crippen LogP contribution in [0.3, 0.4) is 0 Å². The summed E-state index contributed by atoms with van der Waals surface area (Å²) in [7, 11) is 1.92. The first-order valence-electron chi connectivity index (χ1n) is 6.55. The van der Waals surface area contributed by atoms with Gasteiger partial charge in [0.05, 0.1) is 29.0 Å². The Labute approximate surface area is 133 Å². The van der Waals surface area contributed by atoms with Gasteiger partial charge in [-0.1, -0.05) is 29.3 Å². The van der Waals surface area contributed by atoms with E-state index in [4.69, 9.17) is 27.6 Å². The Kier molecular flexibility index (Phi) is 5.28. The van der Waals surface area contributed by atoms with Crippen molar-refractivity contribution in [1.29, 1.82) is 0 Å². The van der Waals surface area contributed by atoms with Gasteiger partial charge < -0.3 is 14.6 Å². The zero-order chi connectivity index (χ0) is 15.4. The minimum Gasteiger partial charge on any atom is -0.463 e. The third kappa shape index (κ3) is 4.24. The van der Waals surface area contributed by atoms with Gasteiger partial charge in [-0.05, 0) is 30.7 Å². The summed E-state index contributed by atoms with van der Waals surface area (Å²) in [6, 6.07) is 7.25. The number of benzene rings is 1. The molecule has 0 saturated heterocycles. The topological polar surface area (TPSA) is 46.7 Å². The Morgan fingerprint density at radius 1 is 1.33 bits per heavy atom. The summed E-state index contributed by atoms with van der Waals surface area (Å²) < 4.78 is 5.26. The second-order valence-corrected chi connectivity index (χ2v) is 5.78. The SMILES string of the molecule is Cc1ccc(Cl)c(NC(=O)C[NH+](C)Cc2ccco2)c1Cl. The van der Waals surface area contributed by atoms with Gasteiger partial charge in [0.25, 0.3) is 5.91 Å². The summed E-state index contributed by atoms with van der Waals surface area (Å²) in [6.07, 6.45) is 1.62. The highest BCUT2D eigenvalue weighted by Gasteiger charge is 2.16. The van der Waals surface area contributed by atoms with E-state index in [-0.39, 0.29) is 5.91 Å². The number of carbonyl (C=O) groups excluding carboxylic acids is 1. The lowest BCUT2D eigenvalue weighted by atomic mass is 10.2. The van der Waals surface area contributed by atoms with Crippen LogP contribution in [-0.4, -0.2) is 19.5 Å². The fourth-order valence-electron chi connectivity index (χ4n) is 2.00. The van der Waals surface area contributed by atoms with E-state index in [1.54, 1.807) is 12.3 Å². The lowest BCUT2D eigenvalue weighted by molar-refractivity contribution is -0.886. The first kappa shape index (κ1) is 15.9. The maximum atomic E-state index is 12.1. The highest BCUT2D eigenvalue weighted by molar-refractivity contribution is 6.40. The molecule has 0 saturated carbocycles. The molecule has 0 fully saturated rings. The zero-order valence-corrected chi connectivity index (χ0v) is 13.4. The molecule has 0 bridgehead atoms. The Morgan fingerprint density at radius 3 is 2.76 bits per heavy atom. The Bertz CT molecular complexity index is 627. The van der Waals surface area contributed by atoms with E-state index >= 15 is 0 Å². The van der Waals surface area contributed by atoms with Gasteiger partial charge in [-0.2, -0.15) is 0 Å². The average molecular weight is 328 g/mol. The van der Waals surface area contributed by atoms with Crippen molar-refractivity contribution in [1.82, 2.24) is 0 Å². The molecule has 0 radical (unpaired) electrons. The van der Waals surface area contributed by atoms with Crippen LogP contribution in [0.5, 0.6) is 0 Å². The number of amides is 1. The molecule has 1 amide bonds. The van der Waals surface area contributed by atoms with Crippen LogP contribution in [0.1, 0.15) is 11.3 Å². The van der Waals surface area contributed by atoms with E-state index in [9.17, 15) is 4.79 Å². The summed E-state index contributed by atoms with van der Waals surface area (Å²) >= 11 is 12.2. The Hall–Kier alpha value is -1.49. The molecule has 112 valence electrons. The number of furan rings is 1. The van der Waals surface area contributed by atoms with Gasteiger partial charge in [0.2, 0.25) is 0 Å². The van der Waals surface area contributed by atoms with Crippen molar-refractivity contribution in [2.45, 2.75) is 13.5 Å². The number of nitrogens with one attached hydrogen (secondary N) is 2. The molecular formula is C15H17Cl2N2O2+. The van der Waals surface area contributed by atoms with Gasteiger partial charge in [-0.25, -0.2) is 0 Å². The standard InChI is InChI=1S/C15H16Cl2N2O2/c1-10-5-6-12(16)15(14(10)17)18-13(20)9-19(2)8-11-4-3-7-21-11/h3-7H,8-9H2,1-2H3,(H,18,20)/p+1. The molecule has 1 atom stereocenters. The summed E-state index contributed by atoms with van der Waals surface area (Å²) in [5.74, 6) is 0.695. The summed E-state index contributed by atoms with van der Waals surface area (Å²) in [6.45, 7) is 2.79. The van der Waals surface area contributed by atoms with Crippen LogP contribution in [-0.2, 0) is 11.3 Å². The van der Waals surface area contributed by atoms with Gasteiger partial charge in [-0.3, -0.25) is 4.79 Å². The molecule has 6 heteroatoms. The van der Waals surface area contributed by atoms with Gasteiger partial charge in [0.1, 0.15) is 6.54 Å². The summed E-state index contributed by atoms with van der Waals surface area (Å²) in [5.41, 5.74) is 1.33. The molecule has 2 aromatic rings. The molecular weight excluding hydrogens is 311 g/mol. The number of anilines is 1. The van der Waals surface area contributed by atoms with Gasteiger partial charge in [0.15, 0.2) is 12.3 Å². The highest BCUT2D eigenvalue weighted by Crippen LogP contribution is 2.32. The van der Waals surface area contributed by atoms with E-state index in [0.717, 1.165) is 16.2 Å². The molecule has 1 aromatic carbocycles. The Balaban J connectivity index is 1.97. The lowest BCUT2D eigenvalue weighted by Crippen LogP contribution is -3.08. The predicted molar refractivity (Wildman–Crippen MR) is 84.0 cm³/mol. The molecule has 2 rings (SSSR count). The number of hydrogen-bond donors (Lipinski definition) is 2. The molecule has 0 spiro atoms. The van der Waals surface area contributed by atoms with E-state index in [0.29, 0.717) is 28.8 Å². The second-order valence-electron chi connectivity index (χ2n) is 4.99. The van der Waals surface area contributed by atoms with Gasteiger partial charge in [-0.15, -0.1) is 0 Å². The minimum absolute atomic E-state index is 0.145. The van der Waals surface area contributed by atoms with Crippen LogP contribution in [0.4, 0.5) is 5.69 Å². The summed E-state index contributed by atoms with van der Waals surface area (Å²) in [4.78, 5) is 13.1. The first-order chi connectivity index (χ1) is 9.97. The smallest absolute Gasteiger partial charge is 0.279 e. The molecule has 0 aliphatic carbocycles. The van der Waals surface area contributed by atoms with Crippen molar-refractivity contribution < 1.29 is 14.1 Å². The molecule has 0 aliphatic rings. The van der Waals surface area contributed by atoms with E-state index < -0.39 is 0 Å². The fraction of sp³-hybridized carbons (Fsp3) is 0.267. The monoisotopic (exact) mass is 327 g/mol. The molecule has 2 N–H and O–H groups in total. The number of hydrogen-bond acceptors (Lipinski definition) is 2. The van der Waals surface area contributed by atoms with Crippen molar-refractivity contribution in [2.24, 2.45) is 0 Å². The molecule has 0 aliphatic heterocycles. The normalized spacial score (nSPS) is 12.2. The number of likely N-dealkylation sites (N-methyl/N-ethyl adjacent to an activating group) is 1. The molecule has 1 unspecified atom stereocenters. The van der Waals surface area contributed by atoms with Crippen molar-refractivity contribution in [2.75, 3.05) is 18.9 Å². The highest BCUT2D eigenvalue weighted by atomic mass is 35.5. The third-order valence-electron chi connectivity index (χ3n) is 3.07. The number of rotatable bonds is 5. The van der Waals surface area contributed by atoms with Crippen molar-refractivity contribution in [3.63, 3.8) is 0 Å². The molecule has 1 aromatic heterocycles. The average Bonchev–Trinajstić information content (AvgIpc) is 2.92. The fourth-order valence-corrected chi connectivity index (χ4v) is 2.47. The minimum atomic E-state index is -0.145. The van der Waals surface area contributed by atoms with Crippen LogP contribution < -0.4 is 10.2 Å². The largest absolute Gasteiger partial charge is 0.463 e. The van der Waals surface area contributed by atoms with Crippen molar-refractivity contribution in [3.8, 4) is 0 Å². The van der Waals surface area contributed by atoms with Gasteiger partial charge >= 0.3 is 0 Å². The molecule has 4 nitrogen and oxygen atoms in total. The van der Waals surface area contributed by atoms with Crippen LogP contribution in [0, 0.1) is 6.92 Å². The third-order valence-corrected chi connectivity index (χ3v) is 3.87. The second kappa shape index (κ2) is 6.98. The maximum absolute atomic E-state index is 12.1. The molecule has 1 heterocycles. The Morgan fingerprint density at radius 2 is 2.10 bits per heavy atom. The lowest BCUT2D eigenvalue weighted by Gasteiger charge is -2.14. The quantitative estimate of drug-likeness (QED) is 0.886. The predicted octanol–water partition coefficient (Wildman–Crippen LogP) is 2.55. The van der Waals surface area contributed by atoms with Crippen LogP contribution in [0.15, 0.2) is 34.9 Å². The summed E-state index contributed by atoms with van der Waals surface area (Å²) in [5, 5.41) is 3.68. The van der Waals surface area contributed by atoms with Crippen LogP contribution in [0.25, 0.3) is 0 Å². The molecule has 21 heavy (non-hydrogen) atoms. The van der Waals surface area contributed by atoms with Gasteiger partial charge in [0, 0.05) is 0 Å². The number of halogens is 2. The van der Waals surface area contributed by atoms with Crippen LogP contribution in [0.2, 0.25) is 10.0 Å². The van der Waals surface area contributed by atoms with Crippen molar-refractivity contribution in [3.05, 3.63) is 51.9 Å². The number of aryl methyl sites for hydroxylation is 1. The zero-order valence-electron chi connectivity index (χ0n) is 11.9. The van der Waals surface area contributed by atoms with E-state index in [1.807, 2.05) is 32.2 Å². The first-order valence-corrected chi connectivity index (χ1v) is 7.31. The maximum Gasteiger partial charge on any atom is 0.279 e. The van der Waals surface area contributed by atoms with Crippen LogP contribution >= 0.6 is 23.2 Å².